The van der Waals surface area contributed by atoms with Gasteiger partial charge in [-0.1, -0.05) is 0 Å². The maximum atomic E-state index is 10.9. The molecule has 2 rings (SSSR count). The average molecular weight is 297 g/mol. The van der Waals surface area contributed by atoms with Crippen LogP contribution in [0.3, 0.4) is 0 Å². The molecule has 1 aromatic carbocycles. The van der Waals surface area contributed by atoms with Crippen LogP contribution in [0.1, 0.15) is 46.0 Å². The molecule has 1 fully saturated rings. The summed E-state index contributed by atoms with van der Waals surface area (Å²) in [4.78, 5) is 0. The normalized spacial score (nSPS) is 20.2. The van der Waals surface area contributed by atoms with Crippen molar-refractivity contribution in [1.82, 2.24) is 0 Å². The molecule has 17 heavy (non-hydrogen) atoms. The SMILES string of the molecule is CC(C)([Se]c1ccccc1)C1(O)CCCCC1. The van der Waals surface area contributed by atoms with Gasteiger partial charge in [-0.2, -0.15) is 0 Å². The Hall–Kier alpha value is -0.301. The van der Waals surface area contributed by atoms with E-state index in [0.717, 1.165) is 12.8 Å². The average Bonchev–Trinajstić information content (AvgIpc) is 2.30. The Kier molecular flexibility index (Phi) is 3.97. The molecule has 0 unspecified atom stereocenters. The minimum absolute atomic E-state index is 0.0295. The van der Waals surface area contributed by atoms with Crippen LogP contribution in [0.4, 0.5) is 0 Å². The number of benzene rings is 1. The van der Waals surface area contributed by atoms with E-state index in [1.807, 2.05) is 0 Å². The van der Waals surface area contributed by atoms with Gasteiger partial charge in [0.05, 0.1) is 0 Å². The van der Waals surface area contributed by atoms with Crippen molar-refractivity contribution >= 4 is 19.4 Å². The molecule has 1 aromatic rings. The van der Waals surface area contributed by atoms with Crippen molar-refractivity contribution in [1.29, 1.82) is 0 Å². The Bertz CT molecular complexity index is 352. The Morgan fingerprint density at radius 1 is 1.06 bits per heavy atom. The van der Waals surface area contributed by atoms with Crippen LogP contribution < -0.4 is 4.46 Å². The van der Waals surface area contributed by atoms with E-state index in [-0.39, 0.29) is 4.31 Å². The van der Waals surface area contributed by atoms with Gasteiger partial charge in [0.25, 0.3) is 0 Å². The maximum absolute atomic E-state index is 10.9. The third-order valence-electron chi connectivity index (χ3n) is 3.92. The van der Waals surface area contributed by atoms with Crippen LogP contribution in [0, 0.1) is 0 Å². The quantitative estimate of drug-likeness (QED) is 0.851. The fourth-order valence-corrected chi connectivity index (χ4v) is 5.30. The van der Waals surface area contributed by atoms with Crippen molar-refractivity contribution in [2.75, 3.05) is 0 Å². The Morgan fingerprint density at radius 2 is 1.65 bits per heavy atom. The van der Waals surface area contributed by atoms with Crippen LogP contribution >= 0.6 is 0 Å². The van der Waals surface area contributed by atoms with Crippen LogP contribution in [0.15, 0.2) is 30.3 Å². The van der Waals surface area contributed by atoms with Gasteiger partial charge in [0.1, 0.15) is 0 Å². The van der Waals surface area contributed by atoms with Gasteiger partial charge in [-0.25, -0.2) is 0 Å². The van der Waals surface area contributed by atoms with Gasteiger partial charge in [0, 0.05) is 0 Å². The van der Waals surface area contributed by atoms with Gasteiger partial charge in [-0.15, -0.1) is 0 Å². The molecule has 0 spiro atoms. The molecule has 1 aliphatic rings. The topological polar surface area (TPSA) is 20.2 Å². The summed E-state index contributed by atoms with van der Waals surface area (Å²) >= 11 is 0.334. The zero-order chi connectivity index (χ0) is 12.4. The first kappa shape index (κ1) is 13.1. The molecule has 1 aliphatic carbocycles. The predicted octanol–water partition coefficient (Wildman–Crippen LogP) is 2.91. The molecule has 0 bridgehead atoms. The summed E-state index contributed by atoms with van der Waals surface area (Å²) < 4.78 is 1.42. The fraction of sp³-hybridized carbons (Fsp3) is 0.600. The van der Waals surface area contributed by atoms with E-state index in [1.165, 1.54) is 23.7 Å². The molecule has 0 radical (unpaired) electrons. The second-order valence-electron chi connectivity index (χ2n) is 5.52. The van der Waals surface area contributed by atoms with E-state index in [0.29, 0.717) is 15.0 Å². The molecule has 0 atom stereocenters. The summed E-state index contributed by atoms with van der Waals surface area (Å²) in [5.74, 6) is 0. The summed E-state index contributed by atoms with van der Waals surface area (Å²) in [7, 11) is 0. The summed E-state index contributed by atoms with van der Waals surface area (Å²) in [5, 5.41) is 10.9. The first-order valence-electron chi connectivity index (χ1n) is 6.50. The molecule has 0 aromatic heterocycles. The zero-order valence-electron chi connectivity index (χ0n) is 10.8. The molecule has 1 saturated carbocycles. The van der Waals surface area contributed by atoms with E-state index in [1.54, 1.807) is 0 Å². The number of hydrogen-bond acceptors (Lipinski definition) is 1. The Balaban J connectivity index is 2.12. The summed E-state index contributed by atoms with van der Waals surface area (Å²) in [6.07, 6.45) is 5.62. The number of rotatable bonds is 3. The molecular formula is C15H22OSe. The van der Waals surface area contributed by atoms with E-state index in [2.05, 4.69) is 44.2 Å². The van der Waals surface area contributed by atoms with Crippen LogP contribution in [-0.2, 0) is 0 Å². The Labute approximate surface area is 111 Å². The van der Waals surface area contributed by atoms with E-state index in [4.69, 9.17) is 0 Å². The standard InChI is InChI=1S/C15H22OSe/c1-14(2,15(16)11-7-4-8-12-15)17-13-9-5-3-6-10-13/h3,5-6,9-10,16H,4,7-8,11-12H2,1-2H3. The third kappa shape index (κ3) is 2.93. The molecule has 0 heterocycles. The molecule has 0 aliphatic heterocycles. The molecule has 1 nitrogen and oxygen atoms in total. The number of aliphatic hydroxyl groups is 1. The van der Waals surface area contributed by atoms with Crippen molar-refractivity contribution in [3.05, 3.63) is 30.3 Å². The van der Waals surface area contributed by atoms with E-state index >= 15 is 0 Å². The van der Waals surface area contributed by atoms with Gasteiger partial charge in [0.2, 0.25) is 0 Å². The van der Waals surface area contributed by atoms with Crippen molar-refractivity contribution in [3.8, 4) is 0 Å². The van der Waals surface area contributed by atoms with Gasteiger partial charge >= 0.3 is 111 Å². The van der Waals surface area contributed by atoms with Crippen molar-refractivity contribution < 1.29 is 5.11 Å². The summed E-state index contributed by atoms with van der Waals surface area (Å²) in [5.41, 5.74) is -0.443. The molecule has 0 amide bonds. The van der Waals surface area contributed by atoms with E-state index < -0.39 is 5.60 Å². The zero-order valence-corrected chi connectivity index (χ0v) is 12.5. The third-order valence-corrected chi connectivity index (χ3v) is 6.85. The summed E-state index contributed by atoms with van der Waals surface area (Å²) in [6, 6.07) is 10.6. The second-order valence-corrected chi connectivity index (χ2v) is 9.08. The monoisotopic (exact) mass is 298 g/mol. The predicted molar refractivity (Wildman–Crippen MR) is 73.9 cm³/mol. The van der Waals surface area contributed by atoms with Gasteiger partial charge < -0.3 is 0 Å². The van der Waals surface area contributed by atoms with Crippen LogP contribution in [0.2, 0.25) is 4.31 Å². The van der Waals surface area contributed by atoms with E-state index in [9.17, 15) is 5.11 Å². The van der Waals surface area contributed by atoms with Gasteiger partial charge in [-0.05, 0) is 0 Å². The van der Waals surface area contributed by atoms with Crippen molar-refractivity contribution in [2.24, 2.45) is 0 Å². The molecule has 94 valence electrons. The van der Waals surface area contributed by atoms with Gasteiger partial charge in [-0.3, -0.25) is 0 Å². The molecule has 1 N–H and O–H groups in total. The van der Waals surface area contributed by atoms with Crippen LogP contribution in [0.25, 0.3) is 0 Å². The first-order valence-corrected chi connectivity index (χ1v) is 8.21. The first-order chi connectivity index (χ1) is 8.04. The van der Waals surface area contributed by atoms with Crippen molar-refractivity contribution in [2.45, 2.75) is 55.9 Å². The fourth-order valence-electron chi connectivity index (χ4n) is 2.62. The Morgan fingerprint density at radius 3 is 2.24 bits per heavy atom. The van der Waals surface area contributed by atoms with Gasteiger partial charge in [0.15, 0.2) is 0 Å². The second kappa shape index (κ2) is 5.14. The van der Waals surface area contributed by atoms with Crippen LogP contribution in [0.5, 0.6) is 0 Å². The van der Waals surface area contributed by atoms with Crippen LogP contribution in [-0.4, -0.2) is 25.7 Å². The molecule has 0 saturated heterocycles. The molecule has 2 heteroatoms. The summed E-state index contributed by atoms with van der Waals surface area (Å²) in [6.45, 7) is 4.48. The molecular weight excluding hydrogens is 275 g/mol. The van der Waals surface area contributed by atoms with Crippen molar-refractivity contribution in [3.63, 3.8) is 0 Å². The number of hydrogen-bond donors (Lipinski definition) is 1. The minimum atomic E-state index is -0.443.